The lowest BCUT2D eigenvalue weighted by molar-refractivity contribution is 1.45. The Bertz CT molecular complexity index is 477. The van der Waals surface area contributed by atoms with E-state index in [1.165, 1.54) is 11.1 Å². The molecule has 2 rings (SSSR count). The third-order valence-corrected chi connectivity index (χ3v) is 3.17. The molecule has 0 aliphatic rings. The number of halogens is 1. The predicted molar refractivity (Wildman–Crippen MR) is 95.2 cm³/mol. The predicted octanol–water partition coefficient (Wildman–Crippen LogP) is 4.79. The topological polar surface area (TPSA) is 52.0 Å². The van der Waals surface area contributed by atoms with Crippen LogP contribution in [0.2, 0.25) is 0 Å². The second-order valence-electron chi connectivity index (χ2n) is 3.94. The maximum Gasteiger partial charge on any atom is 0.0449 e. The fourth-order valence-corrected chi connectivity index (χ4v) is 1.87. The van der Waals surface area contributed by atoms with E-state index in [-0.39, 0.29) is 0 Å². The summed E-state index contributed by atoms with van der Waals surface area (Å²) in [6.07, 6.45) is 0. The maximum atomic E-state index is 6.21. The molecule has 3 heteroatoms. The summed E-state index contributed by atoms with van der Waals surface area (Å²) >= 11 is 2.22. The summed E-state index contributed by atoms with van der Waals surface area (Å²) in [7, 11) is 0. The summed E-state index contributed by atoms with van der Waals surface area (Å²) in [5.41, 5.74) is 15.2. The van der Waals surface area contributed by atoms with Gasteiger partial charge in [0.25, 0.3) is 0 Å². The Morgan fingerprint density at radius 2 is 1.42 bits per heavy atom. The Morgan fingerprint density at radius 1 is 0.947 bits per heavy atom. The van der Waals surface area contributed by atoms with Gasteiger partial charge in [0.05, 0.1) is 0 Å². The zero-order valence-corrected chi connectivity index (χ0v) is 13.9. The number of anilines is 2. The molecule has 0 aromatic heterocycles. The number of rotatable bonds is 0. The van der Waals surface area contributed by atoms with Crippen molar-refractivity contribution in [2.45, 2.75) is 27.7 Å². The highest BCUT2D eigenvalue weighted by Gasteiger charge is 1.91. The number of nitrogen functional groups attached to an aromatic ring is 2. The van der Waals surface area contributed by atoms with E-state index in [4.69, 9.17) is 12.8 Å². The Morgan fingerprint density at radius 3 is 1.79 bits per heavy atom. The monoisotopic (exact) mass is 371 g/mol. The van der Waals surface area contributed by atoms with Crippen molar-refractivity contribution in [2.24, 2.45) is 0 Å². The summed E-state index contributed by atoms with van der Waals surface area (Å²) in [5, 5.41) is 0. The third kappa shape index (κ3) is 7.72. The molecule has 0 atom stereocenters. The Kier molecular flexibility index (Phi) is 8.05. The lowest BCUT2D eigenvalue weighted by Gasteiger charge is -1.96. The van der Waals surface area contributed by atoms with Crippen molar-refractivity contribution in [1.29, 1.82) is 0 Å². The number of hydrogen-bond donors (Lipinski definition) is 2. The van der Waals surface area contributed by atoms with Crippen LogP contribution in [0.4, 0.5) is 11.4 Å². The van der Waals surface area contributed by atoms with Gasteiger partial charge in [0.15, 0.2) is 0 Å². The number of nitrogens with two attached hydrogens (primary N) is 2. The van der Waals surface area contributed by atoms with Gasteiger partial charge in [-0.05, 0) is 66.3 Å². The van der Waals surface area contributed by atoms with Crippen LogP contribution in [-0.4, -0.2) is 0 Å². The molecule has 0 unspecified atom stereocenters. The third-order valence-electron chi connectivity index (χ3n) is 2.23. The van der Waals surface area contributed by atoms with Gasteiger partial charge in [-0.2, -0.15) is 0 Å². The SMILES string of the molecule is Cc1ccc(N)c(I)c1.Cc1ccc(N)cc1.[2H]CC. The smallest absolute Gasteiger partial charge is 0.0449 e. The summed E-state index contributed by atoms with van der Waals surface area (Å²) in [6, 6.07) is 13.8. The molecule has 0 saturated heterocycles. The van der Waals surface area contributed by atoms with Gasteiger partial charge in [0.2, 0.25) is 0 Å². The van der Waals surface area contributed by atoms with Crippen LogP contribution in [-0.2, 0) is 0 Å². The largest absolute Gasteiger partial charge is 0.399 e. The van der Waals surface area contributed by atoms with Gasteiger partial charge in [0, 0.05) is 16.3 Å². The first-order valence-corrected chi connectivity index (χ1v) is 7.11. The summed E-state index contributed by atoms with van der Waals surface area (Å²) < 4.78 is 7.34. The molecule has 0 radical (unpaired) electrons. The van der Waals surface area contributed by atoms with Crippen LogP contribution in [0.5, 0.6) is 0 Å². The van der Waals surface area contributed by atoms with Crippen LogP contribution in [0.15, 0.2) is 42.5 Å². The number of aryl methyl sites for hydroxylation is 2. The Labute approximate surface area is 131 Å². The van der Waals surface area contributed by atoms with Gasteiger partial charge < -0.3 is 11.5 Å². The highest BCUT2D eigenvalue weighted by molar-refractivity contribution is 14.1. The minimum absolute atomic E-state index is 0.500. The maximum absolute atomic E-state index is 6.21. The first-order chi connectivity index (χ1) is 9.40. The van der Waals surface area contributed by atoms with Crippen molar-refractivity contribution in [2.75, 3.05) is 11.5 Å². The van der Waals surface area contributed by atoms with Crippen LogP contribution >= 0.6 is 22.6 Å². The molecule has 0 heterocycles. The average Bonchev–Trinajstić information content (AvgIpc) is 2.40. The molecule has 104 valence electrons. The first kappa shape index (κ1) is 15.8. The zero-order valence-electron chi connectivity index (χ0n) is 12.8. The normalized spacial score (nSPS) is 9.37. The highest BCUT2D eigenvalue weighted by Crippen LogP contribution is 2.14. The van der Waals surface area contributed by atoms with Gasteiger partial charge in [-0.25, -0.2) is 0 Å². The second-order valence-corrected chi connectivity index (χ2v) is 5.10. The number of hydrogen-bond acceptors (Lipinski definition) is 2. The van der Waals surface area contributed by atoms with E-state index in [2.05, 4.69) is 35.6 Å². The molecule has 2 nitrogen and oxygen atoms in total. The minimum Gasteiger partial charge on any atom is -0.399 e. The van der Waals surface area contributed by atoms with Gasteiger partial charge >= 0.3 is 0 Å². The Hall–Kier alpha value is -1.23. The fourth-order valence-electron chi connectivity index (χ4n) is 1.20. The van der Waals surface area contributed by atoms with Crippen LogP contribution in [0, 0.1) is 17.4 Å². The number of benzene rings is 2. The molecule has 0 spiro atoms. The van der Waals surface area contributed by atoms with E-state index in [1.807, 2.05) is 43.3 Å². The van der Waals surface area contributed by atoms with Crippen molar-refractivity contribution in [3.05, 3.63) is 57.2 Å². The van der Waals surface area contributed by atoms with Crippen molar-refractivity contribution < 1.29 is 1.37 Å². The molecule has 0 saturated carbocycles. The fraction of sp³-hybridized carbons (Fsp3) is 0.250. The molecule has 0 amide bonds. The quantitative estimate of drug-likeness (QED) is 0.517. The summed E-state index contributed by atoms with van der Waals surface area (Å²) in [6.45, 7) is 6.39. The van der Waals surface area contributed by atoms with Crippen LogP contribution < -0.4 is 11.5 Å². The van der Waals surface area contributed by atoms with E-state index in [0.717, 1.165) is 14.9 Å². The molecule has 4 N–H and O–H groups in total. The van der Waals surface area contributed by atoms with Gasteiger partial charge in [-0.15, -0.1) is 0 Å². The molecule has 2 aromatic rings. The van der Waals surface area contributed by atoms with E-state index < -0.39 is 0 Å². The first-order valence-electron chi connectivity index (χ1n) is 6.74. The molecular formula is C16H23IN2. The van der Waals surface area contributed by atoms with Crippen LogP contribution in [0.25, 0.3) is 0 Å². The van der Waals surface area contributed by atoms with E-state index >= 15 is 0 Å². The molecular weight excluding hydrogens is 347 g/mol. The van der Waals surface area contributed by atoms with E-state index in [9.17, 15) is 0 Å². The van der Waals surface area contributed by atoms with Crippen LogP contribution in [0.1, 0.15) is 26.3 Å². The van der Waals surface area contributed by atoms with Gasteiger partial charge in [-0.3, -0.25) is 0 Å². The Balaban J connectivity index is 0.000000304. The van der Waals surface area contributed by atoms with Crippen molar-refractivity contribution in [1.82, 2.24) is 0 Å². The minimum atomic E-state index is 0.500. The highest BCUT2D eigenvalue weighted by atomic mass is 127. The molecule has 2 aromatic carbocycles. The van der Waals surface area contributed by atoms with E-state index in [1.54, 1.807) is 6.92 Å². The molecule has 0 bridgehead atoms. The standard InChI is InChI=1S/C7H8IN.C7H9N.C2H6/c1-5-2-3-7(9)6(8)4-5;1-6-2-4-7(8)5-3-6;1-2/h2-4H,9H2,1H3;2-5H,8H2,1H3;1-2H3/i;;1D. The van der Waals surface area contributed by atoms with E-state index in [0.29, 0.717) is 6.90 Å². The van der Waals surface area contributed by atoms with Crippen LogP contribution in [0.3, 0.4) is 0 Å². The summed E-state index contributed by atoms with van der Waals surface area (Å²) in [4.78, 5) is 0. The molecule has 0 aliphatic heterocycles. The van der Waals surface area contributed by atoms with Crippen molar-refractivity contribution >= 4 is 34.0 Å². The average molecular weight is 371 g/mol. The van der Waals surface area contributed by atoms with Crippen molar-refractivity contribution in [3.63, 3.8) is 0 Å². The summed E-state index contributed by atoms with van der Waals surface area (Å²) in [5.74, 6) is 0. The lowest BCUT2D eigenvalue weighted by Crippen LogP contribution is -1.88. The molecule has 0 fully saturated rings. The van der Waals surface area contributed by atoms with Crippen molar-refractivity contribution in [3.8, 4) is 0 Å². The van der Waals surface area contributed by atoms with Gasteiger partial charge in [0.1, 0.15) is 0 Å². The van der Waals surface area contributed by atoms with Gasteiger partial charge in [-0.1, -0.05) is 37.6 Å². The molecule has 19 heavy (non-hydrogen) atoms. The molecule has 0 aliphatic carbocycles. The second kappa shape index (κ2) is 9.67. The zero-order chi connectivity index (χ0) is 15.5. The lowest BCUT2D eigenvalue weighted by atomic mass is 10.2.